The largest absolute Gasteiger partial charge is 0.492 e. The standard InChI is InChI=1S/C29H32ClN5O4S/c1-29(2,3)39-28(36)35-11-5-6-19(13-35)14-37-25-8-4-7-23-26(25)27(32-17-31-23)34-20-9-10-24(22(30)12-20)38-15-21-16-40-18-33-21/h4,7-10,12,16-19H,5-6,11,13-15H2,1-3H3,(H,31,32,34)/t19-/m0/s1. The van der Waals surface area contributed by atoms with Gasteiger partial charge in [-0.25, -0.2) is 19.7 Å². The molecule has 11 heteroatoms. The van der Waals surface area contributed by atoms with Gasteiger partial charge in [0.1, 0.15) is 35.9 Å². The van der Waals surface area contributed by atoms with Gasteiger partial charge in [0.25, 0.3) is 0 Å². The zero-order valence-corrected chi connectivity index (χ0v) is 24.3. The topological polar surface area (TPSA) is 98.7 Å². The van der Waals surface area contributed by atoms with Crippen LogP contribution in [0.1, 0.15) is 39.3 Å². The Morgan fingerprint density at radius 1 is 1.15 bits per heavy atom. The number of nitrogens with one attached hydrogen (secondary N) is 1. The summed E-state index contributed by atoms with van der Waals surface area (Å²) < 4.78 is 17.7. The summed E-state index contributed by atoms with van der Waals surface area (Å²) in [5, 5.41) is 6.54. The van der Waals surface area contributed by atoms with Crippen molar-refractivity contribution in [2.24, 2.45) is 5.92 Å². The molecule has 2 aromatic heterocycles. The number of piperidine rings is 1. The van der Waals surface area contributed by atoms with Gasteiger partial charge in [0.15, 0.2) is 0 Å². The molecule has 40 heavy (non-hydrogen) atoms. The Kier molecular flexibility index (Phi) is 8.56. The number of likely N-dealkylation sites (tertiary alicyclic amines) is 1. The molecule has 1 aliphatic rings. The van der Waals surface area contributed by atoms with Crippen LogP contribution in [0.2, 0.25) is 5.02 Å². The highest BCUT2D eigenvalue weighted by atomic mass is 35.5. The number of ether oxygens (including phenoxy) is 3. The number of aromatic nitrogens is 3. The van der Waals surface area contributed by atoms with E-state index in [1.165, 1.54) is 17.7 Å². The molecule has 5 rings (SSSR count). The van der Waals surface area contributed by atoms with Crippen LogP contribution >= 0.6 is 22.9 Å². The van der Waals surface area contributed by atoms with Crippen LogP contribution in [0.15, 0.2) is 53.6 Å². The summed E-state index contributed by atoms with van der Waals surface area (Å²) in [6.45, 7) is 7.74. The molecule has 0 bridgehead atoms. The maximum Gasteiger partial charge on any atom is 0.410 e. The molecule has 1 amide bonds. The first kappa shape index (κ1) is 27.9. The molecule has 2 aromatic carbocycles. The molecule has 3 heterocycles. The van der Waals surface area contributed by atoms with Crippen LogP contribution in [-0.2, 0) is 11.3 Å². The summed E-state index contributed by atoms with van der Waals surface area (Å²) in [6, 6.07) is 11.2. The molecule has 210 valence electrons. The summed E-state index contributed by atoms with van der Waals surface area (Å²) in [5.41, 5.74) is 3.61. The van der Waals surface area contributed by atoms with E-state index in [9.17, 15) is 4.79 Å². The first-order valence-electron chi connectivity index (χ1n) is 13.2. The Balaban J connectivity index is 1.28. The van der Waals surface area contributed by atoms with Crippen molar-refractivity contribution in [3.05, 3.63) is 64.3 Å². The number of thiazole rings is 1. The van der Waals surface area contributed by atoms with Crippen LogP contribution < -0.4 is 14.8 Å². The number of benzene rings is 2. The van der Waals surface area contributed by atoms with E-state index in [0.29, 0.717) is 48.6 Å². The van der Waals surface area contributed by atoms with Crippen molar-refractivity contribution < 1.29 is 19.0 Å². The van der Waals surface area contributed by atoms with Crippen molar-refractivity contribution in [3.8, 4) is 11.5 Å². The van der Waals surface area contributed by atoms with Gasteiger partial charge in [-0.15, -0.1) is 11.3 Å². The number of anilines is 2. The number of rotatable bonds is 8. The van der Waals surface area contributed by atoms with Crippen LogP contribution in [0.3, 0.4) is 0 Å². The van der Waals surface area contributed by atoms with Gasteiger partial charge in [-0.1, -0.05) is 17.7 Å². The molecule has 0 saturated carbocycles. The van der Waals surface area contributed by atoms with Gasteiger partial charge in [0.05, 0.1) is 33.7 Å². The zero-order valence-electron chi connectivity index (χ0n) is 22.7. The predicted octanol–water partition coefficient (Wildman–Crippen LogP) is 7.09. The minimum Gasteiger partial charge on any atom is -0.492 e. The highest BCUT2D eigenvalue weighted by Crippen LogP contribution is 2.34. The summed E-state index contributed by atoms with van der Waals surface area (Å²) in [7, 11) is 0. The summed E-state index contributed by atoms with van der Waals surface area (Å²) in [6.07, 6.45) is 3.12. The normalized spacial score (nSPS) is 15.6. The van der Waals surface area contributed by atoms with Crippen LogP contribution in [0.4, 0.5) is 16.3 Å². The lowest BCUT2D eigenvalue weighted by atomic mass is 9.99. The molecule has 1 aliphatic heterocycles. The third-order valence-electron chi connectivity index (χ3n) is 6.32. The number of hydrogen-bond donors (Lipinski definition) is 1. The number of nitrogens with zero attached hydrogens (tertiary/aromatic N) is 4. The average Bonchev–Trinajstić information content (AvgIpc) is 3.44. The first-order valence-corrected chi connectivity index (χ1v) is 14.5. The third kappa shape index (κ3) is 7.11. The second-order valence-electron chi connectivity index (χ2n) is 10.7. The van der Waals surface area contributed by atoms with Crippen LogP contribution in [0.25, 0.3) is 10.9 Å². The predicted molar refractivity (Wildman–Crippen MR) is 157 cm³/mol. The van der Waals surface area contributed by atoms with Gasteiger partial charge in [0.2, 0.25) is 0 Å². The summed E-state index contributed by atoms with van der Waals surface area (Å²) >= 11 is 8.03. The van der Waals surface area contributed by atoms with E-state index in [0.717, 1.165) is 35.1 Å². The van der Waals surface area contributed by atoms with Gasteiger partial charge in [0, 0.05) is 30.1 Å². The highest BCUT2D eigenvalue weighted by Gasteiger charge is 2.28. The molecule has 0 radical (unpaired) electrons. The second kappa shape index (κ2) is 12.3. The van der Waals surface area contributed by atoms with Gasteiger partial charge in [-0.2, -0.15) is 0 Å². The molecule has 0 aliphatic carbocycles. The van der Waals surface area contributed by atoms with E-state index in [1.807, 2.05) is 56.5 Å². The lowest BCUT2D eigenvalue weighted by molar-refractivity contribution is 0.0139. The number of carbonyl (C=O) groups excluding carboxylic acids is 1. The summed E-state index contributed by atoms with van der Waals surface area (Å²) in [5.74, 6) is 2.04. The van der Waals surface area contributed by atoms with Gasteiger partial charge >= 0.3 is 6.09 Å². The van der Waals surface area contributed by atoms with E-state index in [2.05, 4.69) is 20.3 Å². The summed E-state index contributed by atoms with van der Waals surface area (Å²) in [4.78, 5) is 27.5. The number of carbonyl (C=O) groups is 1. The average molecular weight is 582 g/mol. The van der Waals surface area contributed by atoms with E-state index < -0.39 is 5.60 Å². The Labute approximate surface area is 242 Å². The Morgan fingerprint density at radius 2 is 2.02 bits per heavy atom. The van der Waals surface area contributed by atoms with Crippen molar-refractivity contribution >= 4 is 51.4 Å². The molecule has 0 unspecified atom stereocenters. The fourth-order valence-corrected chi connectivity index (χ4v) is 5.27. The molecule has 1 fully saturated rings. The Morgan fingerprint density at radius 3 is 2.80 bits per heavy atom. The van der Waals surface area contributed by atoms with E-state index >= 15 is 0 Å². The fourth-order valence-electron chi connectivity index (χ4n) is 4.49. The molecule has 1 saturated heterocycles. The Hall–Kier alpha value is -3.63. The molecule has 9 nitrogen and oxygen atoms in total. The van der Waals surface area contributed by atoms with Gasteiger partial charge in [-0.3, -0.25) is 0 Å². The number of amides is 1. The number of fused-ring (bicyclic) bond motifs is 1. The molecular formula is C29H32ClN5O4S. The second-order valence-corrected chi connectivity index (χ2v) is 11.8. The quantitative estimate of drug-likeness (QED) is 0.235. The smallest absolute Gasteiger partial charge is 0.410 e. The molecule has 1 atom stereocenters. The maximum atomic E-state index is 12.6. The molecular weight excluding hydrogens is 550 g/mol. The van der Waals surface area contributed by atoms with Crippen molar-refractivity contribution in [1.82, 2.24) is 19.9 Å². The lowest BCUT2D eigenvalue weighted by Crippen LogP contribution is -2.44. The third-order valence-corrected chi connectivity index (χ3v) is 7.25. The fraction of sp³-hybridized carbons (Fsp3) is 0.379. The number of halogens is 1. The molecule has 4 aromatic rings. The Bertz CT molecular complexity index is 1460. The van der Waals surface area contributed by atoms with Crippen LogP contribution in [-0.4, -0.2) is 51.2 Å². The van der Waals surface area contributed by atoms with Gasteiger partial charge < -0.3 is 24.4 Å². The SMILES string of the molecule is CC(C)(C)OC(=O)N1CCC[C@H](COc2cccc3ncnc(Nc4ccc(OCc5cscn5)c(Cl)c4)c23)C1. The number of hydrogen-bond acceptors (Lipinski definition) is 9. The first-order chi connectivity index (χ1) is 19.2. The van der Waals surface area contributed by atoms with Crippen LogP contribution in [0, 0.1) is 5.92 Å². The molecule has 1 N–H and O–H groups in total. The minimum atomic E-state index is -0.522. The van der Waals surface area contributed by atoms with Crippen molar-refractivity contribution in [2.45, 2.75) is 45.8 Å². The van der Waals surface area contributed by atoms with E-state index in [4.69, 9.17) is 25.8 Å². The van der Waals surface area contributed by atoms with Crippen molar-refractivity contribution in [2.75, 3.05) is 25.0 Å². The molecule has 0 spiro atoms. The van der Waals surface area contributed by atoms with Crippen molar-refractivity contribution in [1.29, 1.82) is 0 Å². The van der Waals surface area contributed by atoms with E-state index in [-0.39, 0.29) is 12.0 Å². The highest BCUT2D eigenvalue weighted by molar-refractivity contribution is 7.07. The van der Waals surface area contributed by atoms with Gasteiger partial charge in [-0.05, 0) is 63.9 Å². The zero-order chi connectivity index (χ0) is 28.1. The minimum absolute atomic E-state index is 0.188. The maximum absolute atomic E-state index is 12.6. The van der Waals surface area contributed by atoms with E-state index in [1.54, 1.807) is 16.5 Å². The van der Waals surface area contributed by atoms with Crippen LogP contribution in [0.5, 0.6) is 11.5 Å². The van der Waals surface area contributed by atoms with Crippen molar-refractivity contribution in [3.63, 3.8) is 0 Å². The monoisotopic (exact) mass is 581 g/mol. The lowest BCUT2D eigenvalue weighted by Gasteiger charge is -2.34.